The van der Waals surface area contributed by atoms with E-state index in [1.54, 1.807) is 0 Å². The van der Waals surface area contributed by atoms with Gasteiger partial charge in [-0.3, -0.25) is 4.79 Å². The van der Waals surface area contributed by atoms with E-state index < -0.39 is 0 Å². The minimum absolute atomic E-state index is 0.0308. The van der Waals surface area contributed by atoms with Crippen molar-refractivity contribution in [2.75, 3.05) is 37.8 Å². The van der Waals surface area contributed by atoms with Crippen molar-refractivity contribution in [2.24, 2.45) is 0 Å². The molecule has 1 aromatic rings. The van der Waals surface area contributed by atoms with Crippen LogP contribution in [0.2, 0.25) is 0 Å². The van der Waals surface area contributed by atoms with Crippen LogP contribution >= 0.6 is 24.0 Å². The highest BCUT2D eigenvalue weighted by Gasteiger charge is 2.16. The lowest BCUT2D eigenvalue weighted by atomic mass is 10.2. The summed E-state index contributed by atoms with van der Waals surface area (Å²) >= 11 is 6.81. The summed E-state index contributed by atoms with van der Waals surface area (Å²) in [6.07, 6.45) is 2.41. The minimum atomic E-state index is 0.0308. The number of benzene rings is 1. The number of likely N-dealkylation sites (tertiary alicyclic amines) is 1. The van der Waals surface area contributed by atoms with Crippen LogP contribution < -0.4 is 10.2 Å². The molecule has 1 heterocycles. The lowest BCUT2D eigenvalue weighted by Crippen LogP contribution is -2.28. The number of amides is 1. The molecule has 0 bridgehead atoms. The maximum Gasteiger partial charge on any atom is 0.230 e. The van der Waals surface area contributed by atoms with Gasteiger partial charge in [-0.2, -0.15) is 0 Å². The Morgan fingerprint density at radius 3 is 2.50 bits per heavy atom. The number of thiocarbonyl (C=S) groups is 1. The van der Waals surface area contributed by atoms with Crippen molar-refractivity contribution >= 4 is 39.9 Å². The average Bonchev–Trinajstić information content (AvgIpc) is 3.05. The van der Waals surface area contributed by atoms with Crippen LogP contribution in [0, 0.1) is 0 Å². The van der Waals surface area contributed by atoms with Crippen LogP contribution in [0.5, 0.6) is 0 Å². The lowest BCUT2D eigenvalue weighted by Gasteiger charge is -2.17. The second kappa shape index (κ2) is 8.39. The number of carbonyl (C=O) groups excluding carboxylic acids is 1. The maximum absolute atomic E-state index is 11.9. The number of hydrogen-bond acceptors (Lipinski definition) is 4. The fraction of sp³-hybridized carbons (Fsp3) is 0.500. The Balaban J connectivity index is 1.69. The summed E-state index contributed by atoms with van der Waals surface area (Å²) in [7, 11) is 4.02. The monoisotopic (exact) mass is 337 g/mol. The Morgan fingerprint density at radius 2 is 1.91 bits per heavy atom. The summed E-state index contributed by atoms with van der Waals surface area (Å²) in [4.78, 5) is 16.1. The highest BCUT2D eigenvalue weighted by Crippen LogP contribution is 2.16. The normalized spacial score (nSPS) is 14.0. The summed E-state index contributed by atoms with van der Waals surface area (Å²) in [5.74, 6) is 0.425. The summed E-state index contributed by atoms with van der Waals surface area (Å²) in [6.45, 7) is 2.63. The van der Waals surface area contributed by atoms with Crippen molar-refractivity contribution in [1.82, 2.24) is 10.2 Å². The summed E-state index contributed by atoms with van der Waals surface area (Å²) in [5, 5.41) is 2.94. The van der Waals surface area contributed by atoms with Crippen molar-refractivity contribution in [3.63, 3.8) is 0 Å². The first-order chi connectivity index (χ1) is 10.6. The molecule has 1 fully saturated rings. The van der Waals surface area contributed by atoms with Gasteiger partial charge >= 0.3 is 0 Å². The first-order valence-electron chi connectivity index (χ1n) is 7.51. The van der Waals surface area contributed by atoms with Crippen molar-refractivity contribution in [3.05, 3.63) is 29.8 Å². The molecule has 120 valence electrons. The standard InChI is InChI=1S/C16H23N3OS2/c1-18(2)14-7-5-13(6-8-14)11-17-15(20)12-22-16(21)19-9-3-4-10-19/h5-8H,3-4,9-12H2,1-2H3,(H,17,20). The van der Waals surface area contributed by atoms with Gasteiger partial charge in [0.2, 0.25) is 5.91 Å². The fourth-order valence-electron chi connectivity index (χ4n) is 2.28. The van der Waals surface area contributed by atoms with E-state index in [1.165, 1.54) is 24.6 Å². The number of anilines is 1. The molecular formula is C16H23N3OS2. The van der Waals surface area contributed by atoms with Gasteiger partial charge in [0.15, 0.2) is 0 Å². The third-order valence-corrected chi connectivity index (χ3v) is 5.16. The number of thioether (sulfide) groups is 1. The Bertz CT molecular complexity index is 511. The van der Waals surface area contributed by atoms with Gasteiger partial charge in [-0.15, -0.1) is 0 Å². The second-order valence-corrected chi connectivity index (χ2v) is 7.20. The van der Waals surface area contributed by atoms with Crippen LogP contribution in [0.1, 0.15) is 18.4 Å². The van der Waals surface area contributed by atoms with E-state index in [1.807, 2.05) is 26.2 Å². The van der Waals surface area contributed by atoms with Gasteiger partial charge in [-0.1, -0.05) is 36.1 Å². The lowest BCUT2D eigenvalue weighted by molar-refractivity contribution is -0.118. The molecule has 1 aromatic carbocycles. The first-order valence-corrected chi connectivity index (χ1v) is 8.90. The van der Waals surface area contributed by atoms with Gasteiger partial charge in [-0.05, 0) is 30.5 Å². The Hall–Kier alpha value is -1.27. The summed E-state index contributed by atoms with van der Waals surface area (Å²) < 4.78 is 0.850. The molecule has 0 radical (unpaired) electrons. The molecule has 1 aliphatic rings. The van der Waals surface area contributed by atoms with Gasteiger partial charge in [-0.25, -0.2) is 0 Å². The predicted octanol–water partition coefficient (Wildman–Crippen LogP) is 2.48. The number of nitrogens with zero attached hydrogens (tertiary/aromatic N) is 2. The van der Waals surface area contributed by atoms with Crippen LogP contribution in [0.3, 0.4) is 0 Å². The topological polar surface area (TPSA) is 35.6 Å². The zero-order valence-corrected chi connectivity index (χ0v) is 14.8. The number of hydrogen-bond donors (Lipinski definition) is 1. The van der Waals surface area contributed by atoms with Gasteiger partial charge in [0.05, 0.1) is 5.75 Å². The van der Waals surface area contributed by atoms with Crippen molar-refractivity contribution in [3.8, 4) is 0 Å². The average molecular weight is 338 g/mol. The van der Waals surface area contributed by atoms with Crippen molar-refractivity contribution in [1.29, 1.82) is 0 Å². The zero-order chi connectivity index (χ0) is 15.9. The molecule has 0 spiro atoms. The van der Waals surface area contributed by atoms with Crippen LogP contribution in [0.25, 0.3) is 0 Å². The fourth-order valence-corrected chi connectivity index (χ4v) is 3.36. The van der Waals surface area contributed by atoms with E-state index in [4.69, 9.17) is 12.2 Å². The van der Waals surface area contributed by atoms with E-state index in [-0.39, 0.29) is 5.91 Å². The van der Waals surface area contributed by atoms with E-state index in [0.717, 1.165) is 28.7 Å². The molecule has 0 unspecified atom stereocenters. The largest absolute Gasteiger partial charge is 0.378 e. The summed E-state index contributed by atoms with van der Waals surface area (Å²) in [5.41, 5.74) is 2.26. The molecule has 22 heavy (non-hydrogen) atoms. The molecular weight excluding hydrogens is 314 g/mol. The van der Waals surface area contributed by atoms with Crippen molar-refractivity contribution < 1.29 is 4.79 Å². The molecule has 0 atom stereocenters. The highest BCUT2D eigenvalue weighted by atomic mass is 32.2. The SMILES string of the molecule is CN(C)c1ccc(CNC(=O)CSC(=S)N2CCCC2)cc1. The minimum Gasteiger partial charge on any atom is -0.378 e. The summed E-state index contributed by atoms with van der Waals surface area (Å²) in [6, 6.07) is 8.19. The molecule has 4 nitrogen and oxygen atoms in total. The Kier molecular flexibility index (Phi) is 6.51. The Labute approximate surface area is 142 Å². The van der Waals surface area contributed by atoms with Crippen LogP contribution in [-0.2, 0) is 11.3 Å². The molecule has 0 aliphatic carbocycles. The van der Waals surface area contributed by atoms with Gasteiger partial charge in [0.1, 0.15) is 4.32 Å². The first kappa shape index (κ1) is 17.1. The molecule has 1 saturated heterocycles. The highest BCUT2D eigenvalue weighted by molar-refractivity contribution is 8.23. The van der Waals surface area contributed by atoms with E-state index in [2.05, 4.69) is 27.2 Å². The molecule has 1 N–H and O–H groups in total. The quantitative estimate of drug-likeness (QED) is 0.835. The van der Waals surface area contributed by atoms with Crippen LogP contribution in [0.15, 0.2) is 24.3 Å². The Morgan fingerprint density at radius 1 is 1.27 bits per heavy atom. The van der Waals surface area contributed by atoms with Crippen LogP contribution in [-0.4, -0.2) is 48.1 Å². The number of nitrogens with one attached hydrogen (secondary N) is 1. The van der Waals surface area contributed by atoms with E-state index >= 15 is 0 Å². The number of rotatable bonds is 5. The molecule has 1 amide bonds. The van der Waals surface area contributed by atoms with Gasteiger partial charge in [0.25, 0.3) is 0 Å². The van der Waals surface area contributed by atoms with E-state index in [0.29, 0.717) is 12.3 Å². The molecule has 0 aromatic heterocycles. The predicted molar refractivity (Wildman–Crippen MR) is 98.5 cm³/mol. The molecule has 6 heteroatoms. The third kappa shape index (κ3) is 5.18. The zero-order valence-electron chi connectivity index (χ0n) is 13.2. The maximum atomic E-state index is 11.9. The molecule has 0 saturated carbocycles. The number of carbonyl (C=O) groups is 1. The van der Waals surface area contributed by atoms with Gasteiger partial charge < -0.3 is 15.1 Å². The molecule has 2 rings (SSSR count). The van der Waals surface area contributed by atoms with Crippen LogP contribution in [0.4, 0.5) is 5.69 Å². The second-order valence-electron chi connectivity index (χ2n) is 5.59. The van der Waals surface area contributed by atoms with Crippen molar-refractivity contribution in [2.45, 2.75) is 19.4 Å². The smallest absolute Gasteiger partial charge is 0.230 e. The van der Waals surface area contributed by atoms with Gasteiger partial charge in [0, 0.05) is 39.4 Å². The third-order valence-electron chi connectivity index (χ3n) is 3.63. The van der Waals surface area contributed by atoms with E-state index in [9.17, 15) is 4.79 Å². The molecule has 1 aliphatic heterocycles.